The van der Waals surface area contributed by atoms with Crippen molar-refractivity contribution >= 4 is 33.8 Å². The molecule has 2 fully saturated rings. The molecule has 0 atom stereocenters. The van der Waals surface area contributed by atoms with E-state index in [1.165, 1.54) is 88.8 Å². The third-order valence-electron chi connectivity index (χ3n) is 15.4. The van der Waals surface area contributed by atoms with Crippen LogP contribution in [-0.2, 0) is 12.8 Å². The molecule has 0 radical (unpaired) electrons. The molecule has 2 saturated carbocycles. The predicted octanol–water partition coefficient (Wildman–Crippen LogP) is 17.7. The first-order chi connectivity index (χ1) is 31.8. The second kappa shape index (κ2) is 20.4. The van der Waals surface area contributed by atoms with Crippen molar-refractivity contribution in [2.75, 3.05) is 0 Å². The highest BCUT2D eigenvalue weighted by molar-refractivity contribution is 7.00. The van der Waals surface area contributed by atoms with Crippen molar-refractivity contribution in [1.82, 2.24) is 18.7 Å². The van der Waals surface area contributed by atoms with E-state index in [4.69, 9.17) is 14.3 Å². The molecule has 0 spiro atoms. The van der Waals surface area contributed by atoms with Crippen LogP contribution in [-0.4, -0.2) is 18.7 Å². The Labute approximate surface area is 390 Å². The molecule has 340 valence electrons. The van der Waals surface area contributed by atoms with Gasteiger partial charge in [-0.1, -0.05) is 140 Å². The van der Waals surface area contributed by atoms with Gasteiger partial charge in [0.1, 0.15) is 34.0 Å². The summed E-state index contributed by atoms with van der Waals surface area (Å²) in [4.78, 5) is 10.1. The smallest absolute Gasteiger partial charge is 0.131 e. The summed E-state index contributed by atoms with van der Waals surface area (Å²) in [7, 11) is 0. The zero-order valence-corrected chi connectivity index (χ0v) is 40.3. The van der Waals surface area contributed by atoms with Crippen molar-refractivity contribution < 1.29 is 8.78 Å². The Morgan fingerprint density at radius 2 is 1.00 bits per heavy atom. The van der Waals surface area contributed by atoms with E-state index in [1.54, 1.807) is 0 Å². The standard InChI is InChI=1S/C58H68F2N4S/c1-6-10-12-14-37-16-20-41(21-17-37)43-24-30-49(51(59)34-43)47-28-26-45(32-39(47)8-3)53-55-56(62-36(5)61-55)54(58-57(53)63-65-64-58)46-27-29-48(40(9-4)33-46)50-31-25-44(35-52(50)60)42-22-18-38(19-23-42)15-13-11-7-2/h24-35,37-38,41-42,63H,6-23H2,1-5H3. The number of halogens is 2. The minimum Gasteiger partial charge on any atom is -0.293 e. The minimum absolute atomic E-state index is 0.139. The number of fused-ring (bicyclic) bond motifs is 2. The normalized spacial score (nSPS) is 19.1. The maximum Gasteiger partial charge on any atom is 0.131 e. The van der Waals surface area contributed by atoms with Crippen molar-refractivity contribution in [2.45, 2.75) is 162 Å². The van der Waals surface area contributed by atoms with Crippen LogP contribution in [0.2, 0.25) is 0 Å². The van der Waals surface area contributed by atoms with E-state index in [0.29, 0.717) is 28.8 Å². The van der Waals surface area contributed by atoms with Gasteiger partial charge >= 0.3 is 0 Å². The van der Waals surface area contributed by atoms with Gasteiger partial charge in [0.05, 0.1) is 5.52 Å². The third-order valence-corrected chi connectivity index (χ3v) is 16.0. The number of nitrogens with one attached hydrogen (secondary N) is 1. The molecule has 0 bridgehead atoms. The molecule has 4 nitrogen and oxygen atoms in total. The maximum atomic E-state index is 16.2. The van der Waals surface area contributed by atoms with Crippen molar-refractivity contribution in [3.05, 3.63) is 113 Å². The Morgan fingerprint density at radius 3 is 1.46 bits per heavy atom. The highest BCUT2D eigenvalue weighted by atomic mass is 32.1. The van der Waals surface area contributed by atoms with E-state index in [0.717, 1.165) is 128 Å². The molecule has 2 aliphatic carbocycles. The van der Waals surface area contributed by atoms with Gasteiger partial charge < -0.3 is 0 Å². The molecular formula is C58H68F2N4S. The topological polar surface area (TPSA) is 54.5 Å². The van der Waals surface area contributed by atoms with Crippen LogP contribution in [0.1, 0.15) is 170 Å². The molecule has 0 saturated heterocycles. The maximum absolute atomic E-state index is 16.2. The number of H-pyrrole nitrogens is 1. The SMILES string of the molecule is CCCCCC1CCC(c2ccc(-c3ccc(-c4c5nc(C)nc5c(-c5ccc(-c6ccc(C7CCC(CCCCC)CC7)cc6F)c(CC)c5)c5[nH]snc45)cc3CC)c(F)c2)CC1. The molecule has 7 heteroatoms. The second-order valence-electron chi connectivity index (χ2n) is 19.6. The number of nitrogens with zero attached hydrogens (tertiary/aromatic N) is 3. The molecule has 65 heavy (non-hydrogen) atoms. The number of hydrogen-bond acceptors (Lipinski definition) is 4. The number of aryl methyl sites for hydroxylation is 3. The summed E-state index contributed by atoms with van der Waals surface area (Å²) < 4.78 is 40.8. The van der Waals surface area contributed by atoms with Gasteiger partial charge in [-0.3, -0.25) is 4.37 Å². The van der Waals surface area contributed by atoms with E-state index in [9.17, 15) is 0 Å². The molecule has 2 aromatic heterocycles. The molecular weight excluding hydrogens is 823 g/mol. The van der Waals surface area contributed by atoms with E-state index in [-0.39, 0.29) is 11.6 Å². The van der Waals surface area contributed by atoms with E-state index in [2.05, 4.69) is 80.6 Å². The zero-order valence-electron chi connectivity index (χ0n) is 39.5. The number of benzene rings is 5. The van der Waals surface area contributed by atoms with Crippen LogP contribution in [0.15, 0.2) is 72.8 Å². The fourth-order valence-corrected chi connectivity index (χ4v) is 12.3. The zero-order chi connectivity index (χ0) is 45.0. The van der Waals surface area contributed by atoms with Crippen LogP contribution in [0.25, 0.3) is 66.6 Å². The summed E-state index contributed by atoms with van der Waals surface area (Å²) in [5, 5.41) is 0. The first kappa shape index (κ1) is 45.4. The first-order valence-corrected chi connectivity index (χ1v) is 26.1. The molecule has 0 unspecified atom stereocenters. The molecule has 2 heterocycles. The average Bonchev–Trinajstić information content (AvgIpc) is 3.97. The third kappa shape index (κ3) is 9.46. The minimum atomic E-state index is -0.140. The summed E-state index contributed by atoms with van der Waals surface area (Å²) in [6.07, 6.45) is 21.7. The summed E-state index contributed by atoms with van der Waals surface area (Å²) in [5.41, 5.74) is 14.8. The van der Waals surface area contributed by atoms with Crippen molar-refractivity contribution in [2.24, 2.45) is 11.8 Å². The van der Waals surface area contributed by atoms with Gasteiger partial charge in [0.2, 0.25) is 0 Å². The Hall–Kier alpha value is -4.75. The molecule has 5 aromatic carbocycles. The largest absolute Gasteiger partial charge is 0.293 e. The summed E-state index contributed by atoms with van der Waals surface area (Å²) in [6.45, 7) is 10.8. The van der Waals surface area contributed by atoms with Gasteiger partial charge in [0.25, 0.3) is 0 Å². The summed E-state index contributed by atoms with van der Waals surface area (Å²) >= 11 is 1.32. The Balaban J connectivity index is 0.994. The number of imidazole rings is 1. The fraction of sp³-hybridized carbons (Fsp3) is 0.466. The number of aromatic nitrogens is 4. The van der Waals surface area contributed by atoms with Crippen molar-refractivity contribution in [3.8, 4) is 44.5 Å². The molecule has 0 amide bonds. The van der Waals surface area contributed by atoms with E-state index in [1.807, 2.05) is 31.2 Å². The number of hydrogen-bond donors (Lipinski definition) is 1. The van der Waals surface area contributed by atoms with Gasteiger partial charge in [0, 0.05) is 34.0 Å². The molecule has 9 rings (SSSR count). The summed E-state index contributed by atoms with van der Waals surface area (Å²) in [5.74, 6) is 2.96. The Morgan fingerprint density at radius 1 is 0.538 bits per heavy atom. The fourth-order valence-electron chi connectivity index (χ4n) is 11.7. The second-order valence-corrected chi connectivity index (χ2v) is 20.2. The van der Waals surface area contributed by atoms with Crippen LogP contribution in [0, 0.1) is 30.4 Å². The van der Waals surface area contributed by atoms with Crippen LogP contribution in [0.5, 0.6) is 0 Å². The van der Waals surface area contributed by atoms with Gasteiger partial charge in [-0.25, -0.2) is 18.7 Å². The van der Waals surface area contributed by atoms with Crippen LogP contribution in [0.3, 0.4) is 0 Å². The van der Waals surface area contributed by atoms with Crippen LogP contribution in [0.4, 0.5) is 8.78 Å². The Kier molecular flexibility index (Phi) is 14.3. The van der Waals surface area contributed by atoms with Crippen molar-refractivity contribution in [3.63, 3.8) is 0 Å². The van der Waals surface area contributed by atoms with E-state index < -0.39 is 0 Å². The van der Waals surface area contributed by atoms with Gasteiger partial charge in [0.15, 0.2) is 0 Å². The highest BCUT2D eigenvalue weighted by Crippen LogP contribution is 2.46. The molecule has 2 aliphatic rings. The predicted molar refractivity (Wildman–Crippen MR) is 270 cm³/mol. The lowest BCUT2D eigenvalue weighted by molar-refractivity contribution is 0.302. The van der Waals surface area contributed by atoms with Crippen molar-refractivity contribution in [1.29, 1.82) is 0 Å². The monoisotopic (exact) mass is 891 g/mol. The molecule has 0 aliphatic heterocycles. The lowest BCUT2D eigenvalue weighted by Crippen LogP contribution is -2.13. The van der Waals surface area contributed by atoms with Gasteiger partial charge in [-0.2, -0.15) is 4.37 Å². The highest BCUT2D eigenvalue weighted by Gasteiger charge is 2.27. The number of unbranched alkanes of at least 4 members (excludes halogenated alkanes) is 4. The van der Waals surface area contributed by atoms with Gasteiger partial charge in [-0.05, 0) is 151 Å². The van der Waals surface area contributed by atoms with Gasteiger partial charge in [-0.15, -0.1) is 0 Å². The number of rotatable bonds is 16. The number of aromatic amines is 1. The molecule has 7 aromatic rings. The van der Waals surface area contributed by atoms with E-state index >= 15 is 8.78 Å². The average molecular weight is 891 g/mol. The van der Waals surface area contributed by atoms with Crippen LogP contribution >= 0.6 is 11.7 Å². The lowest BCUT2D eigenvalue weighted by atomic mass is 9.76. The molecule has 1 N–H and O–H groups in total. The Bertz CT molecular complexity index is 2570. The summed E-state index contributed by atoms with van der Waals surface area (Å²) in [6, 6.07) is 24.8. The quantitative estimate of drug-likeness (QED) is 0.0984. The lowest BCUT2D eigenvalue weighted by Gasteiger charge is -2.29. The van der Waals surface area contributed by atoms with Crippen LogP contribution < -0.4 is 0 Å². The first-order valence-electron chi connectivity index (χ1n) is 25.3.